The molecule has 0 aromatic carbocycles. The number of quaternary nitrogens is 3. The second kappa shape index (κ2) is 29.2. The molecule has 0 saturated carbocycles. The van der Waals surface area contributed by atoms with Gasteiger partial charge in [-0.1, -0.05) is 0 Å². The Hall–Kier alpha value is 0.0900. The first kappa shape index (κ1) is 36.3. The molecule has 102 valence electrons. The van der Waals surface area contributed by atoms with Crippen molar-refractivity contribution in [2.45, 2.75) is 0 Å². The van der Waals surface area contributed by atoms with E-state index in [1.54, 1.807) is 0 Å². The summed E-state index contributed by atoms with van der Waals surface area (Å²) >= 11 is -8.58. The Morgan fingerprint density at radius 1 is 0.733 bits per heavy atom. The van der Waals surface area contributed by atoms with Gasteiger partial charge in [0.1, 0.15) is 0 Å². The molecule has 0 rings (SSSR count). The van der Waals surface area contributed by atoms with Crippen LogP contribution in [0.25, 0.3) is 0 Å². The minimum Gasteiger partial charge on any atom is -0.784 e. The highest BCUT2D eigenvalue weighted by molar-refractivity contribution is 7.73. The van der Waals surface area contributed by atoms with Crippen molar-refractivity contribution in [2.75, 3.05) is 0 Å². The zero-order chi connectivity index (χ0) is 10.7. The lowest BCUT2D eigenvalue weighted by atomic mass is 14.0. The highest BCUT2D eigenvalue weighted by Crippen LogP contribution is 1.44. The standard InChI is InChI=1S/3H3N.3H2O3S/c;;;3*1-4(2)3/h3*1H3;3*(H2,1,2,3). The normalized spacial score (nSPS) is 8.80. The second-order valence-corrected chi connectivity index (χ2v) is 1.96. The SMILES string of the molecule is O=S(O)O.O=S([O-])O.O=S([O-])[O-].[NH4+].[NH4+].[NH4+]. The Bertz CT molecular complexity index is 118. The average molecular weight is 297 g/mol. The lowest BCUT2D eigenvalue weighted by Gasteiger charge is -2.03. The van der Waals surface area contributed by atoms with Gasteiger partial charge in [0.25, 0.3) is 11.4 Å². The molecule has 0 spiro atoms. The van der Waals surface area contributed by atoms with Crippen LogP contribution >= 0.6 is 0 Å². The average Bonchev–Trinajstić information content (AvgIpc) is 1.54. The first-order valence-electron chi connectivity index (χ1n) is 1.55. The summed E-state index contributed by atoms with van der Waals surface area (Å²) < 4.78 is 72.2. The molecule has 0 aromatic rings. The maximum Gasteiger partial charge on any atom is 0.299 e. The molecule has 0 fully saturated rings. The van der Waals surface area contributed by atoms with E-state index in [4.69, 9.17) is 39.9 Å². The van der Waals surface area contributed by atoms with Crippen molar-refractivity contribution in [1.29, 1.82) is 0 Å². The molecule has 0 aliphatic rings. The van der Waals surface area contributed by atoms with Crippen LogP contribution in [0, 0.1) is 0 Å². The van der Waals surface area contributed by atoms with Gasteiger partial charge < -0.3 is 36.7 Å². The van der Waals surface area contributed by atoms with Gasteiger partial charge in [0.2, 0.25) is 0 Å². The third-order valence-electron chi connectivity index (χ3n) is 0. The van der Waals surface area contributed by atoms with E-state index in [0.29, 0.717) is 0 Å². The molecule has 0 saturated heterocycles. The largest absolute Gasteiger partial charge is 0.784 e. The Labute approximate surface area is 92.9 Å². The van der Waals surface area contributed by atoms with Crippen LogP contribution in [0.2, 0.25) is 0 Å². The minimum atomic E-state index is -3.11. The minimum absolute atomic E-state index is 0. The molecule has 0 radical (unpaired) electrons. The molecule has 0 amide bonds. The van der Waals surface area contributed by atoms with Crippen LogP contribution in [0.3, 0.4) is 0 Å². The summed E-state index contributed by atoms with van der Waals surface area (Å²) in [6.07, 6.45) is 0. The van der Waals surface area contributed by atoms with E-state index in [1.807, 2.05) is 0 Å². The van der Waals surface area contributed by atoms with E-state index in [0.717, 1.165) is 0 Å². The van der Waals surface area contributed by atoms with Crippen molar-refractivity contribution in [3.63, 3.8) is 0 Å². The number of rotatable bonds is 0. The zero-order valence-electron chi connectivity index (χ0n) is 8.02. The van der Waals surface area contributed by atoms with Gasteiger partial charge in [-0.25, -0.2) is 4.21 Å². The Kier molecular flexibility index (Phi) is 70.6. The summed E-state index contributed by atoms with van der Waals surface area (Å²) in [6.45, 7) is 0. The lowest BCUT2D eigenvalue weighted by Crippen LogP contribution is -1.76. The van der Waals surface area contributed by atoms with Gasteiger partial charge >= 0.3 is 0 Å². The van der Waals surface area contributed by atoms with Crippen molar-refractivity contribution in [3.8, 4) is 0 Å². The Morgan fingerprint density at radius 2 is 0.733 bits per heavy atom. The van der Waals surface area contributed by atoms with Crippen LogP contribution < -0.4 is 18.5 Å². The van der Waals surface area contributed by atoms with Gasteiger partial charge in [0, 0.05) is 0 Å². The van der Waals surface area contributed by atoms with Gasteiger partial charge in [-0.2, -0.15) is 4.21 Å². The van der Waals surface area contributed by atoms with Crippen LogP contribution in [0.5, 0.6) is 0 Å². The molecular formula is H15N3O9S3. The van der Waals surface area contributed by atoms with Crippen molar-refractivity contribution in [2.24, 2.45) is 0 Å². The van der Waals surface area contributed by atoms with Crippen LogP contribution in [-0.2, 0) is 34.1 Å². The first-order valence-corrected chi connectivity index (χ1v) is 4.64. The molecule has 12 nitrogen and oxygen atoms in total. The van der Waals surface area contributed by atoms with Crippen molar-refractivity contribution in [1.82, 2.24) is 18.5 Å². The molecule has 1 atom stereocenters. The predicted octanol–water partition coefficient (Wildman–Crippen LogP) is -0.856. The van der Waals surface area contributed by atoms with E-state index in [9.17, 15) is 0 Å². The van der Waals surface area contributed by atoms with Crippen LogP contribution in [0.4, 0.5) is 0 Å². The monoisotopic (exact) mass is 297 g/mol. The number of hydrogen-bond acceptors (Lipinski definition) is 6. The molecule has 15 N–H and O–H groups in total. The fourth-order valence-corrected chi connectivity index (χ4v) is 0. The number of hydrogen-bond donors (Lipinski definition) is 6. The molecule has 15 heteroatoms. The van der Waals surface area contributed by atoms with Gasteiger partial charge in [-0.05, 0) is 0 Å². The highest BCUT2D eigenvalue weighted by Gasteiger charge is 1.62. The van der Waals surface area contributed by atoms with Gasteiger partial charge in [-0.15, -0.1) is 11.4 Å². The molecule has 15 heavy (non-hydrogen) atoms. The highest BCUT2D eigenvalue weighted by atomic mass is 32.2. The summed E-state index contributed by atoms with van der Waals surface area (Å²) in [4.78, 5) is 0. The fourth-order valence-electron chi connectivity index (χ4n) is 0. The van der Waals surface area contributed by atoms with E-state index in [-0.39, 0.29) is 18.5 Å². The molecule has 1 unspecified atom stereocenters. The smallest absolute Gasteiger partial charge is 0.299 e. The zero-order valence-corrected chi connectivity index (χ0v) is 10.5. The first-order chi connectivity index (χ1) is 5.20. The lowest BCUT2D eigenvalue weighted by molar-refractivity contribution is 0.419. The van der Waals surface area contributed by atoms with Gasteiger partial charge in [0.05, 0.1) is 11.4 Å². The third kappa shape index (κ3) is 254000. The predicted molar refractivity (Wildman–Crippen MR) is 52.6 cm³/mol. The molecule has 0 aliphatic heterocycles. The summed E-state index contributed by atoms with van der Waals surface area (Å²) in [6, 6.07) is 0. The van der Waals surface area contributed by atoms with Crippen molar-refractivity contribution >= 4 is 34.1 Å². The molecular weight excluding hydrogens is 282 g/mol. The van der Waals surface area contributed by atoms with Crippen molar-refractivity contribution in [3.05, 3.63) is 0 Å². The van der Waals surface area contributed by atoms with Gasteiger partial charge in [0.15, 0.2) is 0 Å². The van der Waals surface area contributed by atoms with Crippen molar-refractivity contribution < 1.29 is 39.9 Å². The van der Waals surface area contributed by atoms with Crippen LogP contribution in [0.15, 0.2) is 0 Å². The maximum atomic E-state index is 8.67. The van der Waals surface area contributed by atoms with E-state index in [2.05, 4.69) is 0 Å². The Balaban J connectivity index is -0.0000000184. The summed E-state index contributed by atoms with van der Waals surface area (Å²) in [5.41, 5.74) is 0. The molecule has 0 bridgehead atoms. The van der Waals surface area contributed by atoms with Crippen LogP contribution in [-0.4, -0.2) is 39.9 Å². The van der Waals surface area contributed by atoms with Crippen LogP contribution in [0.1, 0.15) is 0 Å². The summed E-state index contributed by atoms with van der Waals surface area (Å²) in [5.74, 6) is 0. The maximum absolute atomic E-state index is 8.67. The van der Waals surface area contributed by atoms with E-state index in [1.165, 1.54) is 0 Å². The quantitative estimate of drug-likeness (QED) is 0.302. The molecule has 0 aromatic heterocycles. The topological polar surface area (TPSA) is 291 Å². The van der Waals surface area contributed by atoms with E-state index < -0.39 is 34.1 Å². The second-order valence-electron chi connectivity index (χ2n) is 0.652. The molecule has 0 heterocycles. The summed E-state index contributed by atoms with van der Waals surface area (Å²) in [7, 11) is 0. The van der Waals surface area contributed by atoms with E-state index >= 15 is 0 Å². The third-order valence-corrected chi connectivity index (χ3v) is 0. The summed E-state index contributed by atoms with van der Waals surface area (Å²) in [5, 5.41) is 0. The molecule has 0 aliphatic carbocycles. The Morgan fingerprint density at radius 3 is 0.733 bits per heavy atom. The fraction of sp³-hybridized carbons (Fsp3) is 0. The van der Waals surface area contributed by atoms with Gasteiger partial charge in [-0.3, -0.25) is 13.3 Å².